The molecule has 0 aromatic heterocycles. The third kappa shape index (κ3) is 3.33. The van der Waals surface area contributed by atoms with Gasteiger partial charge in [-0.25, -0.2) is 4.79 Å². The molecule has 27 heavy (non-hydrogen) atoms. The van der Waals surface area contributed by atoms with Crippen molar-refractivity contribution in [3.05, 3.63) is 75.8 Å². The number of likely N-dealkylation sites (tertiary alicyclic amines) is 1. The van der Waals surface area contributed by atoms with Gasteiger partial charge in [-0.3, -0.25) is 14.9 Å². The molecule has 2 aromatic carbocycles. The number of nitro groups is 1. The molecule has 0 saturated carbocycles. The Morgan fingerprint density at radius 3 is 2.26 bits per heavy atom. The summed E-state index contributed by atoms with van der Waals surface area (Å²) < 4.78 is 5.32. The number of amides is 2. The lowest BCUT2D eigenvalue weighted by Crippen LogP contribution is -2.36. The summed E-state index contributed by atoms with van der Waals surface area (Å²) in [5.41, 5.74) is 1.28. The highest BCUT2D eigenvalue weighted by Gasteiger charge is 2.57. The van der Waals surface area contributed by atoms with E-state index in [0.29, 0.717) is 18.7 Å². The van der Waals surface area contributed by atoms with Crippen molar-refractivity contribution in [2.24, 2.45) is 0 Å². The lowest BCUT2D eigenvalue weighted by Gasteiger charge is -2.20. The van der Waals surface area contributed by atoms with Gasteiger partial charge in [0, 0.05) is 30.8 Å². The molecule has 2 aliphatic heterocycles. The van der Waals surface area contributed by atoms with Gasteiger partial charge in [0.05, 0.1) is 17.0 Å². The Balaban J connectivity index is 1.29. The minimum absolute atomic E-state index is 0.0167. The van der Waals surface area contributed by atoms with Crippen LogP contribution in [0.25, 0.3) is 0 Å². The van der Waals surface area contributed by atoms with Gasteiger partial charge in [0.25, 0.3) is 11.6 Å². The Labute approximate surface area is 155 Å². The summed E-state index contributed by atoms with van der Waals surface area (Å²) in [6, 6.07) is 15.0. The number of benzene rings is 2. The van der Waals surface area contributed by atoms with Gasteiger partial charge >= 0.3 is 6.09 Å². The Morgan fingerprint density at radius 2 is 1.67 bits per heavy atom. The van der Waals surface area contributed by atoms with Crippen LogP contribution in [0, 0.1) is 10.1 Å². The average molecular weight is 367 g/mol. The molecule has 4 rings (SSSR count). The molecule has 0 spiro atoms. The molecule has 138 valence electrons. The van der Waals surface area contributed by atoms with E-state index in [1.54, 1.807) is 9.80 Å². The predicted molar refractivity (Wildman–Crippen MR) is 95.0 cm³/mol. The fraction of sp³-hybridized carbons (Fsp3) is 0.263. The lowest BCUT2D eigenvalue weighted by molar-refractivity contribution is -0.384. The highest BCUT2D eigenvalue weighted by molar-refractivity contribution is 5.97. The number of piperazine rings is 1. The first-order valence-corrected chi connectivity index (χ1v) is 8.57. The number of nitrogens with zero attached hydrogens (tertiary/aromatic N) is 3. The topological polar surface area (TPSA) is 92.8 Å². The summed E-state index contributed by atoms with van der Waals surface area (Å²) >= 11 is 0. The van der Waals surface area contributed by atoms with Gasteiger partial charge < -0.3 is 14.5 Å². The van der Waals surface area contributed by atoms with Gasteiger partial charge in [0.2, 0.25) is 0 Å². The van der Waals surface area contributed by atoms with Gasteiger partial charge in [-0.2, -0.15) is 0 Å². The summed E-state index contributed by atoms with van der Waals surface area (Å²) in [7, 11) is 0. The molecule has 0 radical (unpaired) electrons. The van der Waals surface area contributed by atoms with Crippen LogP contribution in [-0.4, -0.2) is 51.9 Å². The molecule has 2 amide bonds. The first-order chi connectivity index (χ1) is 13.0. The van der Waals surface area contributed by atoms with Crippen LogP contribution in [0.4, 0.5) is 10.5 Å². The van der Waals surface area contributed by atoms with E-state index >= 15 is 0 Å². The number of non-ortho nitro benzene ring substituents is 1. The quantitative estimate of drug-likeness (QED) is 0.470. The number of carbonyl (C=O) groups excluding carboxylic acids is 2. The fourth-order valence-corrected chi connectivity index (χ4v) is 3.42. The normalized spacial score (nSPS) is 20.1. The second-order valence-corrected chi connectivity index (χ2v) is 6.60. The molecular formula is C19H17N3O5. The summed E-state index contributed by atoms with van der Waals surface area (Å²) in [4.78, 5) is 38.2. The van der Waals surface area contributed by atoms with Crippen molar-refractivity contribution in [3.8, 4) is 0 Å². The van der Waals surface area contributed by atoms with Gasteiger partial charge in [0.15, 0.2) is 0 Å². The third-order valence-corrected chi connectivity index (χ3v) is 4.91. The number of hydrogen-bond acceptors (Lipinski definition) is 5. The SMILES string of the molecule is O=C(OCc1ccccc1)N1C[C@@H]2[C@H](C1)N2C(=O)c1ccc([N+](=O)[O-])cc1. The van der Waals surface area contributed by atoms with Crippen LogP contribution in [0.5, 0.6) is 0 Å². The van der Waals surface area contributed by atoms with Gasteiger partial charge in [0.1, 0.15) is 6.61 Å². The van der Waals surface area contributed by atoms with Crippen LogP contribution in [0.2, 0.25) is 0 Å². The summed E-state index contributed by atoms with van der Waals surface area (Å²) in [5.74, 6) is -0.169. The maximum atomic E-state index is 12.5. The smallest absolute Gasteiger partial charge is 0.410 e. The largest absolute Gasteiger partial charge is 0.445 e. The van der Waals surface area contributed by atoms with E-state index in [0.717, 1.165) is 5.56 Å². The molecule has 0 bridgehead atoms. The Bertz CT molecular complexity index is 872. The summed E-state index contributed by atoms with van der Waals surface area (Å²) in [6.07, 6.45) is -0.381. The van der Waals surface area contributed by atoms with Crippen molar-refractivity contribution in [3.63, 3.8) is 0 Å². The van der Waals surface area contributed by atoms with E-state index in [1.807, 2.05) is 30.3 Å². The number of fused-ring (bicyclic) bond motifs is 1. The molecule has 0 N–H and O–H groups in total. The molecule has 2 heterocycles. The van der Waals surface area contributed by atoms with Gasteiger partial charge in [-0.05, 0) is 17.7 Å². The molecule has 2 atom stereocenters. The number of carbonyl (C=O) groups is 2. The van der Waals surface area contributed by atoms with Crippen LogP contribution in [0.1, 0.15) is 15.9 Å². The van der Waals surface area contributed by atoms with Crippen molar-refractivity contribution in [2.75, 3.05) is 13.1 Å². The first kappa shape index (κ1) is 17.0. The van der Waals surface area contributed by atoms with Crippen LogP contribution in [-0.2, 0) is 11.3 Å². The molecule has 8 nitrogen and oxygen atoms in total. The third-order valence-electron chi connectivity index (χ3n) is 4.91. The summed E-state index contributed by atoms with van der Waals surface area (Å²) in [5, 5.41) is 10.7. The lowest BCUT2D eigenvalue weighted by atomic mass is 10.2. The van der Waals surface area contributed by atoms with E-state index in [9.17, 15) is 19.7 Å². The Hall–Kier alpha value is -3.42. The van der Waals surface area contributed by atoms with E-state index in [4.69, 9.17) is 4.74 Å². The monoisotopic (exact) mass is 367 g/mol. The van der Waals surface area contributed by atoms with Crippen molar-refractivity contribution in [1.29, 1.82) is 0 Å². The number of nitro benzene ring substituents is 1. The Kier molecular flexibility index (Phi) is 4.23. The van der Waals surface area contributed by atoms with E-state index < -0.39 is 4.92 Å². The second-order valence-electron chi connectivity index (χ2n) is 6.60. The van der Waals surface area contributed by atoms with Crippen molar-refractivity contribution >= 4 is 17.7 Å². The van der Waals surface area contributed by atoms with Crippen molar-refractivity contribution < 1.29 is 19.2 Å². The summed E-state index contributed by atoms with van der Waals surface area (Å²) in [6.45, 7) is 1.10. The predicted octanol–water partition coefficient (Wildman–Crippen LogP) is 2.44. The zero-order chi connectivity index (χ0) is 19.0. The standard InChI is InChI=1S/C19H17N3O5/c23-18(14-6-8-15(9-7-14)22(25)26)21-16-10-20(11-17(16)21)19(24)27-12-13-4-2-1-3-5-13/h1-9,16-17H,10-12H2/t16-,17+,21?. The van der Waals surface area contributed by atoms with Crippen LogP contribution >= 0.6 is 0 Å². The minimum Gasteiger partial charge on any atom is -0.445 e. The second kappa shape index (κ2) is 6.71. The Morgan fingerprint density at radius 1 is 1.04 bits per heavy atom. The maximum absolute atomic E-state index is 12.5. The molecular weight excluding hydrogens is 350 g/mol. The molecule has 2 aliphatic rings. The molecule has 2 aromatic rings. The average Bonchev–Trinajstić information content (AvgIpc) is 3.19. The first-order valence-electron chi connectivity index (χ1n) is 8.57. The molecule has 2 fully saturated rings. The minimum atomic E-state index is -0.501. The van der Waals surface area contributed by atoms with Crippen molar-refractivity contribution in [1.82, 2.24) is 9.80 Å². The van der Waals surface area contributed by atoms with Crippen molar-refractivity contribution in [2.45, 2.75) is 18.7 Å². The number of rotatable bonds is 4. The van der Waals surface area contributed by atoms with Crippen LogP contribution in [0.15, 0.2) is 54.6 Å². The molecule has 0 unspecified atom stereocenters. The van der Waals surface area contributed by atoms with E-state index in [2.05, 4.69) is 0 Å². The van der Waals surface area contributed by atoms with Crippen LogP contribution < -0.4 is 0 Å². The van der Waals surface area contributed by atoms with E-state index in [1.165, 1.54) is 24.3 Å². The van der Waals surface area contributed by atoms with Crippen LogP contribution in [0.3, 0.4) is 0 Å². The number of ether oxygens (including phenoxy) is 1. The zero-order valence-electron chi connectivity index (χ0n) is 14.4. The molecule has 8 heteroatoms. The highest BCUT2D eigenvalue weighted by Crippen LogP contribution is 2.37. The molecule has 2 saturated heterocycles. The van der Waals surface area contributed by atoms with E-state index in [-0.39, 0.29) is 36.4 Å². The molecule has 0 aliphatic carbocycles. The zero-order valence-corrected chi connectivity index (χ0v) is 14.4. The fourth-order valence-electron chi connectivity index (χ4n) is 3.42. The van der Waals surface area contributed by atoms with Gasteiger partial charge in [-0.1, -0.05) is 30.3 Å². The maximum Gasteiger partial charge on any atom is 0.410 e. The number of hydrogen-bond donors (Lipinski definition) is 0. The highest BCUT2D eigenvalue weighted by atomic mass is 16.6. The van der Waals surface area contributed by atoms with Gasteiger partial charge in [-0.15, -0.1) is 0 Å².